The molecule has 74 heavy (non-hydrogen) atoms. The maximum Gasteiger partial charge on any atom is 0.399 e. The molecule has 3 saturated heterocycles. The third kappa shape index (κ3) is 10.9. The fourth-order valence-corrected chi connectivity index (χ4v) is 11.9. The number of fused-ring (bicyclic) bond motifs is 3. The topological polar surface area (TPSA) is 232 Å². The van der Waals surface area contributed by atoms with E-state index in [1.54, 1.807) is 30.6 Å². The molecule has 2 unspecified atom stereocenters. The molecule has 0 spiro atoms. The summed E-state index contributed by atoms with van der Waals surface area (Å²) < 4.78 is 53.6. The first-order valence-electron chi connectivity index (χ1n) is 24.8. The number of amides is 7. The predicted molar refractivity (Wildman–Crippen MR) is 265 cm³/mol. The van der Waals surface area contributed by atoms with E-state index >= 15 is 0 Å². The molecule has 6 heterocycles. The normalized spacial score (nSPS) is 21.7. The lowest BCUT2D eigenvalue weighted by atomic mass is 9.85. The Morgan fingerprint density at radius 2 is 1.66 bits per heavy atom. The molecule has 18 nitrogen and oxygen atoms in total. The average Bonchev–Trinajstić information content (AvgIpc) is 4.17. The number of morpholine rings is 1. The van der Waals surface area contributed by atoms with Crippen LogP contribution in [0.2, 0.25) is 0 Å². The van der Waals surface area contributed by atoms with E-state index in [9.17, 15) is 56.7 Å². The Kier molecular flexibility index (Phi) is 15.0. The van der Waals surface area contributed by atoms with Crippen molar-refractivity contribution in [1.82, 2.24) is 30.2 Å². The molecule has 22 heteroatoms. The highest BCUT2D eigenvalue weighted by Gasteiger charge is 2.51. The quantitative estimate of drug-likeness (QED) is 0.0636. The van der Waals surface area contributed by atoms with E-state index in [0.717, 1.165) is 45.7 Å². The Hall–Kier alpha value is -5.96. The van der Waals surface area contributed by atoms with Crippen LogP contribution in [0.3, 0.4) is 0 Å². The number of alkyl halides is 2. The van der Waals surface area contributed by atoms with Crippen LogP contribution in [0.25, 0.3) is 10.1 Å². The number of nitrogens with zero attached hydrogens (tertiary/aromatic N) is 4. The third-order valence-electron chi connectivity index (χ3n) is 14.5. The van der Waals surface area contributed by atoms with Gasteiger partial charge >= 0.3 is 13.3 Å². The predicted octanol–water partition coefficient (Wildman–Crippen LogP) is 5.72. The molecule has 5 aliphatic heterocycles. The monoisotopic (exact) mass is 1060 g/mol. The number of rotatable bonds is 15. The van der Waals surface area contributed by atoms with E-state index in [4.69, 9.17) is 9.47 Å². The first kappa shape index (κ1) is 52.9. The van der Waals surface area contributed by atoms with Gasteiger partial charge in [-0.05, 0) is 76.6 Å². The average molecular weight is 1060 g/mol. The standard InChI is InChI=1S/C52H59F2N6O12PS/c1-51(2,3)45(56-47(64)42-23-31-21-35(13-15-41(31)74-42)52(53,54)73(68,69)70)50(67)60-28-36(24-39(60)49(66)57-17-19-72-40(29-57)30-10-6-4-7-11-30)71-18-9-5-8-12-44(62)58-25-32-20-34-27-59(38-14-16-43(61)55-46(38)63)48(65)37(34)22-33(32)26-58/h4,6-7,10-11,13,15,20-23,36,38-40,45H,5,8-9,12,14,16-19,24-29H2,1-3H3,(H,56,64)(H,55,61,63)(H2,68,69,70)/t36-,38?,39+,40?,45-/m1/s1. The maximum absolute atomic E-state index is 14.9. The van der Waals surface area contributed by atoms with Crippen molar-refractivity contribution in [3.8, 4) is 0 Å². The lowest BCUT2D eigenvalue weighted by molar-refractivity contribution is -0.150. The Labute approximate surface area is 429 Å². The van der Waals surface area contributed by atoms with Crippen LogP contribution in [0.1, 0.15) is 120 Å². The molecule has 0 aliphatic carbocycles. The van der Waals surface area contributed by atoms with E-state index in [0.29, 0.717) is 62.2 Å². The minimum atomic E-state index is -5.84. The molecule has 0 radical (unpaired) electrons. The van der Waals surface area contributed by atoms with Gasteiger partial charge in [0.25, 0.3) is 11.8 Å². The molecule has 394 valence electrons. The second-order valence-electron chi connectivity index (χ2n) is 20.7. The Balaban J connectivity index is 0.816. The Morgan fingerprint density at radius 1 is 0.919 bits per heavy atom. The van der Waals surface area contributed by atoms with Gasteiger partial charge in [0.1, 0.15) is 24.2 Å². The number of carbonyl (C=O) groups is 7. The largest absolute Gasteiger partial charge is 0.399 e. The zero-order chi connectivity index (χ0) is 52.9. The van der Waals surface area contributed by atoms with Crippen LogP contribution in [0.4, 0.5) is 8.78 Å². The number of hydrogen-bond acceptors (Lipinski definition) is 11. The molecular formula is C52H59F2N6O12PS. The molecule has 0 bridgehead atoms. The number of benzene rings is 3. The summed E-state index contributed by atoms with van der Waals surface area (Å²) in [6.45, 7) is 7.54. The summed E-state index contributed by atoms with van der Waals surface area (Å²) in [6, 6.07) is 14.9. The van der Waals surface area contributed by atoms with Gasteiger partial charge in [-0.2, -0.15) is 8.78 Å². The third-order valence-corrected chi connectivity index (χ3v) is 16.6. The summed E-state index contributed by atoms with van der Waals surface area (Å²) in [5.74, 6) is -2.57. The highest BCUT2D eigenvalue weighted by Crippen LogP contribution is 2.59. The van der Waals surface area contributed by atoms with Gasteiger partial charge in [-0.15, -0.1) is 11.3 Å². The van der Waals surface area contributed by atoms with E-state index < -0.39 is 66.2 Å². The number of piperidine rings is 1. The summed E-state index contributed by atoms with van der Waals surface area (Å²) in [5, 5.41) is 5.32. The summed E-state index contributed by atoms with van der Waals surface area (Å²) in [4.78, 5) is 119. The molecular weight excluding hydrogens is 1000 g/mol. The molecule has 5 aliphatic rings. The molecule has 1 aromatic heterocycles. The van der Waals surface area contributed by atoms with Crippen molar-refractivity contribution < 1.29 is 66.2 Å². The number of likely N-dealkylation sites (tertiary alicyclic amines) is 1. The number of thiophene rings is 1. The number of imide groups is 1. The number of halogens is 2. The summed E-state index contributed by atoms with van der Waals surface area (Å²) in [6.07, 6.45) is 1.89. The summed E-state index contributed by atoms with van der Waals surface area (Å²) >= 11 is 0.962. The zero-order valence-electron chi connectivity index (χ0n) is 41.2. The van der Waals surface area contributed by atoms with Crippen LogP contribution < -0.4 is 10.6 Å². The fourth-order valence-electron chi connectivity index (χ4n) is 10.5. The van der Waals surface area contributed by atoms with Gasteiger partial charge in [-0.25, -0.2) is 0 Å². The summed E-state index contributed by atoms with van der Waals surface area (Å²) in [7, 11) is -5.84. The first-order valence-corrected chi connectivity index (χ1v) is 27.2. The molecule has 3 fully saturated rings. The van der Waals surface area contributed by atoms with Crippen LogP contribution in [0.15, 0.2) is 66.7 Å². The second-order valence-corrected chi connectivity index (χ2v) is 23.5. The van der Waals surface area contributed by atoms with Crippen molar-refractivity contribution in [2.75, 3.05) is 32.8 Å². The SMILES string of the molecule is CC(C)(C)[C@H](NC(=O)c1cc2cc(C(F)(F)P(=O)(O)O)ccc2s1)C(=O)N1C[C@H](OCCCCCC(=O)N2Cc3cc4c(cc3C2)C(=O)N(C2CCC(=O)NC2=O)C4)C[C@H]1C(=O)N1CCOC(c2ccccc2)C1. The lowest BCUT2D eigenvalue weighted by Gasteiger charge is -2.38. The fraction of sp³-hybridized carbons (Fsp3) is 0.481. The van der Waals surface area contributed by atoms with Crippen molar-refractivity contribution >= 4 is 70.4 Å². The Bertz CT molecular complexity index is 2940. The van der Waals surface area contributed by atoms with E-state index in [-0.39, 0.29) is 85.5 Å². The van der Waals surface area contributed by atoms with Gasteiger partial charge in [-0.1, -0.05) is 69.7 Å². The van der Waals surface area contributed by atoms with Crippen LogP contribution in [0, 0.1) is 5.41 Å². The van der Waals surface area contributed by atoms with Crippen LogP contribution in [-0.4, -0.2) is 128 Å². The van der Waals surface area contributed by atoms with Crippen molar-refractivity contribution in [3.05, 3.63) is 105 Å². The minimum Gasteiger partial charge on any atom is -0.376 e. The molecule has 0 saturated carbocycles. The summed E-state index contributed by atoms with van der Waals surface area (Å²) in [5.41, 5.74) is -2.19. The van der Waals surface area contributed by atoms with Crippen LogP contribution in [0.5, 0.6) is 0 Å². The van der Waals surface area contributed by atoms with Gasteiger partial charge in [0.2, 0.25) is 29.5 Å². The van der Waals surface area contributed by atoms with Gasteiger partial charge in [0.05, 0.1) is 24.1 Å². The molecule has 4 aromatic rings. The van der Waals surface area contributed by atoms with E-state index in [1.165, 1.54) is 21.9 Å². The van der Waals surface area contributed by atoms with Crippen LogP contribution >= 0.6 is 18.9 Å². The zero-order valence-corrected chi connectivity index (χ0v) is 42.9. The van der Waals surface area contributed by atoms with Gasteiger partial charge in [-0.3, -0.25) is 43.4 Å². The molecule has 3 aromatic carbocycles. The van der Waals surface area contributed by atoms with E-state index in [2.05, 4.69) is 10.6 Å². The molecule has 4 N–H and O–H groups in total. The van der Waals surface area contributed by atoms with Gasteiger partial charge < -0.3 is 44.2 Å². The number of hydrogen-bond donors (Lipinski definition) is 4. The second kappa shape index (κ2) is 21.0. The number of ether oxygens (including phenoxy) is 2. The van der Waals surface area contributed by atoms with Gasteiger partial charge in [0.15, 0.2) is 0 Å². The molecule has 9 rings (SSSR count). The number of nitrogens with one attached hydrogen (secondary N) is 2. The van der Waals surface area contributed by atoms with Crippen molar-refractivity contribution in [3.63, 3.8) is 0 Å². The molecule has 5 atom stereocenters. The van der Waals surface area contributed by atoms with Crippen molar-refractivity contribution in [2.45, 2.75) is 121 Å². The number of unbranched alkanes of at least 4 members (excludes halogenated alkanes) is 2. The van der Waals surface area contributed by atoms with Crippen LogP contribution in [-0.2, 0) is 63.3 Å². The minimum absolute atomic E-state index is 0.0208. The number of carbonyl (C=O) groups excluding carboxylic acids is 7. The highest BCUT2D eigenvalue weighted by molar-refractivity contribution is 7.52. The lowest BCUT2D eigenvalue weighted by Crippen LogP contribution is -2.58. The van der Waals surface area contributed by atoms with Gasteiger partial charge in [0, 0.05) is 74.4 Å². The highest BCUT2D eigenvalue weighted by atomic mass is 32.1. The molecule has 7 amide bonds. The smallest absolute Gasteiger partial charge is 0.376 e. The van der Waals surface area contributed by atoms with E-state index in [1.807, 2.05) is 42.5 Å². The van der Waals surface area contributed by atoms with Crippen molar-refractivity contribution in [1.29, 1.82) is 0 Å². The van der Waals surface area contributed by atoms with Crippen molar-refractivity contribution in [2.24, 2.45) is 5.41 Å². The first-order chi connectivity index (χ1) is 35.1. The Morgan fingerprint density at radius 3 is 2.38 bits per heavy atom. The maximum atomic E-state index is 14.9.